The van der Waals surface area contributed by atoms with Gasteiger partial charge in [-0.2, -0.15) is 13.2 Å². The summed E-state index contributed by atoms with van der Waals surface area (Å²) in [5, 5.41) is 5.88. The number of hydrogen-bond donors (Lipinski definition) is 3. The number of halogens is 3. The third kappa shape index (κ3) is 5.56. The zero-order chi connectivity index (χ0) is 27.7. The van der Waals surface area contributed by atoms with E-state index in [0.717, 1.165) is 17.7 Å². The van der Waals surface area contributed by atoms with Crippen molar-refractivity contribution in [2.45, 2.75) is 20.0 Å². The summed E-state index contributed by atoms with van der Waals surface area (Å²) >= 11 is 0. The Labute approximate surface area is 220 Å². The van der Waals surface area contributed by atoms with Gasteiger partial charge in [0.15, 0.2) is 0 Å². The van der Waals surface area contributed by atoms with Crippen molar-refractivity contribution >= 4 is 29.0 Å². The van der Waals surface area contributed by atoms with E-state index in [1.54, 1.807) is 54.3 Å². The molecule has 0 radical (unpaired) electrons. The van der Waals surface area contributed by atoms with Gasteiger partial charge in [0.25, 0.3) is 5.91 Å². The molecular formula is C26H22F3N9O. The Hall–Kier alpha value is -5.20. The summed E-state index contributed by atoms with van der Waals surface area (Å²) in [6.45, 7) is 3.58. The maximum absolute atomic E-state index is 13.6. The Kier molecular flexibility index (Phi) is 6.48. The summed E-state index contributed by atoms with van der Waals surface area (Å²) in [4.78, 5) is 29.6. The van der Waals surface area contributed by atoms with Gasteiger partial charge in [-0.15, -0.1) is 0 Å². The van der Waals surface area contributed by atoms with Crippen LogP contribution in [0.5, 0.6) is 0 Å². The van der Waals surface area contributed by atoms with Crippen LogP contribution in [0.4, 0.5) is 36.3 Å². The SMILES string of the molecule is Cc1cn(-c2cc(C(=O)Nc3ccc(C)c(Nc4nccn4-c4cc(N)ncn4)c3)cc(C(F)(F)F)c2)cn1. The van der Waals surface area contributed by atoms with Gasteiger partial charge in [0.05, 0.1) is 17.6 Å². The number of nitrogen functional groups attached to an aromatic ring is 1. The van der Waals surface area contributed by atoms with Gasteiger partial charge < -0.3 is 20.9 Å². The van der Waals surface area contributed by atoms with Crippen molar-refractivity contribution in [1.82, 2.24) is 29.1 Å². The van der Waals surface area contributed by atoms with Crippen molar-refractivity contribution < 1.29 is 18.0 Å². The quantitative estimate of drug-likeness (QED) is 0.278. The topological polar surface area (TPSA) is 129 Å². The summed E-state index contributed by atoms with van der Waals surface area (Å²) in [5.41, 5.74) is 7.28. The molecule has 0 spiro atoms. The standard InChI is InChI=1S/C26H22F3N9O/c1-15-3-4-19(10-21(15)36-25-31-5-6-38(25)23-11-22(30)32-13-33-23)35-24(39)17-7-18(26(27,28)29)9-20(8-17)37-12-16(2)34-14-37/h3-14H,1-2H3,(H,31,36)(H,35,39)(H2,30,32,33). The smallest absolute Gasteiger partial charge is 0.384 e. The predicted molar refractivity (Wildman–Crippen MR) is 139 cm³/mol. The molecule has 39 heavy (non-hydrogen) atoms. The molecule has 4 N–H and O–H groups in total. The average molecular weight is 534 g/mol. The summed E-state index contributed by atoms with van der Waals surface area (Å²) in [5.74, 6) is 0.518. The van der Waals surface area contributed by atoms with Crippen LogP contribution in [0.1, 0.15) is 27.2 Å². The number of nitrogens with zero attached hydrogens (tertiary/aromatic N) is 6. The van der Waals surface area contributed by atoms with Crippen LogP contribution in [0.3, 0.4) is 0 Å². The lowest BCUT2D eigenvalue weighted by Gasteiger charge is -2.15. The van der Waals surface area contributed by atoms with E-state index in [1.807, 2.05) is 6.92 Å². The van der Waals surface area contributed by atoms with Crippen LogP contribution < -0.4 is 16.4 Å². The largest absolute Gasteiger partial charge is 0.416 e. The van der Waals surface area contributed by atoms with E-state index < -0.39 is 17.6 Å². The molecule has 0 atom stereocenters. The third-order valence-electron chi connectivity index (χ3n) is 5.82. The number of nitrogens with two attached hydrogens (primary N) is 1. The maximum Gasteiger partial charge on any atom is 0.416 e. The summed E-state index contributed by atoms with van der Waals surface area (Å²) in [7, 11) is 0. The van der Waals surface area contributed by atoms with Crippen LogP contribution in [-0.2, 0) is 6.18 Å². The number of carbonyl (C=O) groups is 1. The number of nitrogens with one attached hydrogen (secondary N) is 2. The fourth-order valence-electron chi connectivity index (χ4n) is 3.85. The van der Waals surface area contributed by atoms with Crippen LogP contribution in [0, 0.1) is 13.8 Å². The molecule has 3 heterocycles. The highest BCUT2D eigenvalue weighted by atomic mass is 19.4. The van der Waals surface area contributed by atoms with Gasteiger partial charge in [0.2, 0.25) is 5.95 Å². The summed E-state index contributed by atoms with van der Waals surface area (Å²) in [6.07, 6.45) is 2.94. The molecule has 2 aromatic carbocycles. The molecule has 0 unspecified atom stereocenters. The first kappa shape index (κ1) is 25.4. The number of alkyl halides is 3. The molecule has 0 aliphatic carbocycles. The van der Waals surface area contributed by atoms with Gasteiger partial charge in [-0.3, -0.25) is 9.36 Å². The van der Waals surface area contributed by atoms with Gasteiger partial charge in [-0.05, 0) is 49.7 Å². The Morgan fingerprint density at radius 2 is 1.82 bits per heavy atom. The second kappa shape index (κ2) is 9.93. The van der Waals surface area contributed by atoms with Crippen molar-refractivity contribution in [1.29, 1.82) is 0 Å². The minimum Gasteiger partial charge on any atom is -0.384 e. The first-order valence-corrected chi connectivity index (χ1v) is 11.6. The molecule has 3 aromatic heterocycles. The minimum atomic E-state index is -4.64. The number of aromatic nitrogens is 6. The van der Waals surface area contributed by atoms with E-state index in [-0.39, 0.29) is 11.3 Å². The number of carbonyl (C=O) groups excluding carboxylic acids is 1. The Morgan fingerprint density at radius 3 is 2.54 bits per heavy atom. The van der Waals surface area contributed by atoms with Crippen molar-refractivity contribution in [3.8, 4) is 11.5 Å². The zero-order valence-corrected chi connectivity index (χ0v) is 20.7. The van der Waals surface area contributed by atoms with Crippen LogP contribution in [0.2, 0.25) is 0 Å². The molecule has 0 aliphatic rings. The van der Waals surface area contributed by atoms with Crippen LogP contribution in [0.25, 0.3) is 11.5 Å². The predicted octanol–water partition coefficient (Wildman–Crippen LogP) is 5.06. The second-order valence-electron chi connectivity index (χ2n) is 8.72. The molecule has 198 valence electrons. The summed E-state index contributed by atoms with van der Waals surface area (Å²) < 4.78 is 44.0. The number of imidazole rings is 2. The fourth-order valence-corrected chi connectivity index (χ4v) is 3.85. The third-order valence-corrected chi connectivity index (χ3v) is 5.82. The monoisotopic (exact) mass is 533 g/mol. The van der Waals surface area contributed by atoms with E-state index in [4.69, 9.17) is 5.73 Å². The lowest BCUT2D eigenvalue weighted by molar-refractivity contribution is -0.137. The van der Waals surface area contributed by atoms with Crippen molar-refractivity contribution in [3.63, 3.8) is 0 Å². The van der Waals surface area contributed by atoms with Gasteiger partial charge in [-0.25, -0.2) is 19.9 Å². The van der Waals surface area contributed by atoms with E-state index in [0.29, 0.717) is 34.7 Å². The fraction of sp³-hybridized carbons (Fsp3) is 0.115. The first-order valence-electron chi connectivity index (χ1n) is 11.6. The molecule has 1 amide bonds. The van der Waals surface area contributed by atoms with Gasteiger partial charge in [0.1, 0.15) is 18.0 Å². The Balaban J connectivity index is 1.42. The van der Waals surface area contributed by atoms with Gasteiger partial charge in [-0.1, -0.05) is 6.07 Å². The van der Waals surface area contributed by atoms with E-state index in [2.05, 4.69) is 30.6 Å². The molecule has 5 rings (SSSR count). The number of aryl methyl sites for hydroxylation is 2. The highest BCUT2D eigenvalue weighted by molar-refractivity contribution is 6.05. The average Bonchev–Trinajstić information content (AvgIpc) is 3.54. The number of hydrogen-bond acceptors (Lipinski definition) is 7. The number of anilines is 4. The highest BCUT2D eigenvalue weighted by Crippen LogP contribution is 2.32. The molecule has 0 aliphatic heterocycles. The molecule has 13 heteroatoms. The Morgan fingerprint density at radius 1 is 1.00 bits per heavy atom. The van der Waals surface area contributed by atoms with Crippen molar-refractivity contribution in [3.05, 3.63) is 96.1 Å². The van der Waals surface area contributed by atoms with Crippen LogP contribution >= 0.6 is 0 Å². The molecule has 0 bridgehead atoms. The Bertz CT molecular complexity index is 1670. The zero-order valence-electron chi connectivity index (χ0n) is 20.7. The molecule has 0 saturated heterocycles. The molecular weight excluding hydrogens is 511 g/mol. The van der Waals surface area contributed by atoms with Gasteiger partial charge >= 0.3 is 6.18 Å². The van der Waals surface area contributed by atoms with E-state index >= 15 is 0 Å². The van der Waals surface area contributed by atoms with E-state index in [1.165, 1.54) is 23.3 Å². The lowest BCUT2D eigenvalue weighted by Crippen LogP contribution is -2.15. The normalized spacial score (nSPS) is 11.4. The number of benzene rings is 2. The van der Waals surface area contributed by atoms with E-state index in [9.17, 15) is 18.0 Å². The lowest BCUT2D eigenvalue weighted by atomic mass is 10.1. The van der Waals surface area contributed by atoms with Gasteiger partial charge in [0, 0.05) is 47.3 Å². The first-order chi connectivity index (χ1) is 18.6. The van der Waals surface area contributed by atoms with Crippen molar-refractivity contribution in [2.24, 2.45) is 0 Å². The molecule has 0 saturated carbocycles. The molecule has 5 aromatic rings. The summed E-state index contributed by atoms with van der Waals surface area (Å²) in [6, 6.07) is 9.84. The van der Waals surface area contributed by atoms with Crippen LogP contribution in [-0.4, -0.2) is 35.0 Å². The highest BCUT2D eigenvalue weighted by Gasteiger charge is 2.32. The second-order valence-corrected chi connectivity index (χ2v) is 8.72. The molecule has 10 nitrogen and oxygen atoms in total. The minimum absolute atomic E-state index is 0.154. The van der Waals surface area contributed by atoms with Crippen LogP contribution in [0.15, 0.2) is 73.7 Å². The molecule has 0 fully saturated rings. The number of amides is 1. The van der Waals surface area contributed by atoms with Crippen molar-refractivity contribution in [2.75, 3.05) is 16.4 Å². The maximum atomic E-state index is 13.6. The number of rotatable bonds is 6.